The average Bonchev–Trinajstić information content (AvgIpc) is 1.90. The summed E-state index contributed by atoms with van der Waals surface area (Å²) in [5, 5.41) is 0. The van der Waals surface area contributed by atoms with Gasteiger partial charge >= 0.3 is 0 Å². The van der Waals surface area contributed by atoms with Gasteiger partial charge in [0, 0.05) is 11.3 Å². The predicted octanol–water partition coefficient (Wildman–Crippen LogP) is 3.13. The molecule has 2 aliphatic rings. The lowest BCUT2D eigenvalue weighted by Crippen LogP contribution is -2.52. The molecule has 0 N–H and O–H groups in total. The lowest BCUT2D eigenvalue weighted by molar-refractivity contribution is -0.147. The zero-order valence-corrected chi connectivity index (χ0v) is 9.27. The highest BCUT2D eigenvalue weighted by Gasteiger charge is 2.55. The van der Waals surface area contributed by atoms with Crippen LogP contribution in [0.15, 0.2) is 0 Å². The molecule has 0 amide bonds. The summed E-state index contributed by atoms with van der Waals surface area (Å²) < 4.78 is 12.7. The fraction of sp³-hybridized carbons (Fsp3) is 0.917. The summed E-state index contributed by atoms with van der Waals surface area (Å²) in [5.74, 6) is 0.591. The molecule has 0 heterocycles. The van der Waals surface area contributed by atoms with Crippen molar-refractivity contribution in [3.05, 3.63) is 0 Å². The van der Waals surface area contributed by atoms with Gasteiger partial charge in [0.2, 0.25) is 0 Å². The molecule has 1 spiro atoms. The number of ketones is 1. The molecule has 1 nitrogen and oxygen atoms in total. The van der Waals surface area contributed by atoms with Crippen LogP contribution in [0, 0.1) is 16.7 Å². The molecule has 0 aromatic heterocycles. The summed E-state index contributed by atoms with van der Waals surface area (Å²) in [7, 11) is 0. The van der Waals surface area contributed by atoms with Crippen molar-refractivity contribution in [1.29, 1.82) is 0 Å². The second-order valence-corrected chi connectivity index (χ2v) is 6.22. The van der Waals surface area contributed by atoms with Crippen molar-refractivity contribution in [2.24, 2.45) is 16.7 Å². The fourth-order valence-corrected chi connectivity index (χ4v) is 3.00. The third kappa shape index (κ3) is 1.49. The Hall–Kier alpha value is -0.400. The van der Waals surface area contributed by atoms with E-state index in [1.807, 2.05) is 20.8 Å². The van der Waals surface area contributed by atoms with Crippen LogP contribution >= 0.6 is 0 Å². The van der Waals surface area contributed by atoms with Gasteiger partial charge in [-0.1, -0.05) is 20.8 Å². The van der Waals surface area contributed by atoms with E-state index in [2.05, 4.69) is 0 Å². The molecule has 14 heavy (non-hydrogen) atoms. The zero-order chi connectivity index (χ0) is 10.6. The number of hydrogen-bond donors (Lipinski definition) is 0. The number of alkyl halides is 1. The van der Waals surface area contributed by atoms with Crippen LogP contribution in [-0.4, -0.2) is 12.0 Å². The minimum absolute atomic E-state index is 0.217. The third-order valence-electron chi connectivity index (χ3n) is 3.78. The topological polar surface area (TPSA) is 17.1 Å². The highest BCUT2D eigenvalue weighted by Crippen LogP contribution is 2.60. The number of hydrogen-bond acceptors (Lipinski definition) is 1. The highest BCUT2D eigenvalue weighted by molar-refractivity contribution is 5.86. The van der Waals surface area contributed by atoms with Crippen molar-refractivity contribution in [1.82, 2.24) is 0 Å². The minimum atomic E-state index is -0.583. The molecule has 0 saturated heterocycles. The van der Waals surface area contributed by atoms with Crippen LogP contribution in [0.4, 0.5) is 4.39 Å². The number of carbonyl (C=O) groups excluding carboxylic acids is 1. The van der Waals surface area contributed by atoms with Crippen LogP contribution in [0.25, 0.3) is 0 Å². The second kappa shape index (κ2) is 2.80. The standard InChI is InChI=1S/C12H19FO/c1-11(2,3)10(14)8-4-12(5-8)6-9(13)7-12/h8-9H,4-7H2,1-3H3. The Labute approximate surface area is 85.1 Å². The van der Waals surface area contributed by atoms with E-state index in [0.717, 1.165) is 12.8 Å². The Morgan fingerprint density at radius 3 is 2.07 bits per heavy atom. The van der Waals surface area contributed by atoms with Crippen molar-refractivity contribution in [2.75, 3.05) is 0 Å². The summed E-state index contributed by atoms with van der Waals surface area (Å²) in [4.78, 5) is 11.9. The average molecular weight is 198 g/mol. The van der Waals surface area contributed by atoms with Crippen LogP contribution in [0.1, 0.15) is 46.5 Å². The molecule has 2 rings (SSSR count). The monoisotopic (exact) mass is 198 g/mol. The van der Waals surface area contributed by atoms with E-state index in [1.165, 1.54) is 0 Å². The highest BCUT2D eigenvalue weighted by atomic mass is 19.1. The Balaban J connectivity index is 1.86. The number of carbonyl (C=O) groups is 1. The molecule has 0 unspecified atom stereocenters. The maximum Gasteiger partial charge on any atom is 0.141 e. The Bertz CT molecular complexity index is 250. The normalized spacial score (nSPS) is 41.7. The van der Waals surface area contributed by atoms with Crippen LogP contribution in [0.5, 0.6) is 0 Å². The summed E-state index contributed by atoms with van der Waals surface area (Å²) in [6, 6.07) is 0. The third-order valence-corrected chi connectivity index (χ3v) is 3.78. The first-order valence-electron chi connectivity index (χ1n) is 5.51. The van der Waals surface area contributed by atoms with Crippen LogP contribution in [0.3, 0.4) is 0 Å². The maximum atomic E-state index is 12.7. The molecule has 2 fully saturated rings. The van der Waals surface area contributed by atoms with Gasteiger partial charge in [0.05, 0.1) is 0 Å². The van der Waals surface area contributed by atoms with E-state index in [9.17, 15) is 9.18 Å². The molecule has 2 heteroatoms. The van der Waals surface area contributed by atoms with Gasteiger partial charge < -0.3 is 0 Å². The summed E-state index contributed by atoms with van der Waals surface area (Å²) >= 11 is 0. The maximum absolute atomic E-state index is 12.7. The van der Waals surface area contributed by atoms with Crippen molar-refractivity contribution >= 4 is 5.78 Å². The lowest BCUT2D eigenvalue weighted by Gasteiger charge is -2.55. The predicted molar refractivity (Wildman–Crippen MR) is 53.7 cm³/mol. The van der Waals surface area contributed by atoms with Gasteiger partial charge in [-0.15, -0.1) is 0 Å². The Morgan fingerprint density at radius 1 is 1.21 bits per heavy atom. The van der Waals surface area contributed by atoms with Crippen LogP contribution < -0.4 is 0 Å². The molecular formula is C12H19FO. The smallest absolute Gasteiger partial charge is 0.141 e. The zero-order valence-electron chi connectivity index (χ0n) is 9.27. The molecule has 80 valence electrons. The number of rotatable bonds is 1. The Kier molecular flexibility index (Phi) is 2.03. The largest absolute Gasteiger partial charge is 0.299 e. The molecule has 0 aromatic rings. The van der Waals surface area contributed by atoms with Crippen LogP contribution in [0.2, 0.25) is 0 Å². The van der Waals surface area contributed by atoms with E-state index in [-0.39, 0.29) is 16.7 Å². The summed E-state index contributed by atoms with van der Waals surface area (Å²) in [5.41, 5.74) is 0.0239. The van der Waals surface area contributed by atoms with E-state index in [0.29, 0.717) is 18.6 Å². The molecule has 0 atom stereocenters. The molecule has 2 aliphatic carbocycles. The van der Waals surface area contributed by atoms with Crippen molar-refractivity contribution in [3.8, 4) is 0 Å². The van der Waals surface area contributed by atoms with E-state index >= 15 is 0 Å². The van der Waals surface area contributed by atoms with Crippen molar-refractivity contribution in [3.63, 3.8) is 0 Å². The van der Waals surface area contributed by atoms with Crippen LogP contribution in [-0.2, 0) is 4.79 Å². The molecule has 0 bridgehead atoms. The van der Waals surface area contributed by atoms with Gasteiger partial charge in [-0.2, -0.15) is 0 Å². The van der Waals surface area contributed by atoms with E-state index in [4.69, 9.17) is 0 Å². The SMILES string of the molecule is CC(C)(C)C(=O)C1CC2(CC(F)C2)C1. The molecule has 0 aliphatic heterocycles. The van der Waals surface area contributed by atoms with Gasteiger partial charge in [-0.3, -0.25) is 4.79 Å². The van der Waals surface area contributed by atoms with E-state index < -0.39 is 6.17 Å². The first-order chi connectivity index (χ1) is 6.32. The second-order valence-electron chi connectivity index (χ2n) is 6.22. The van der Waals surface area contributed by atoms with Gasteiger partial charge in [-0.25, -0.2) is 4.39 Å². The summed E-state index contributed by atoms with van der Waals surface area (Å²) in [6.07, 6.45) is 2.73. The number of halogens is 1. The van der Waals surface area contributed by atoms with Gasteiger partial charge in [-0.05, 0) is 31.1 Å². The van der Waals surface area contributed by atoms with Gasteiger partial charge in [0.15, 0.2) is 0 Å². The molecule has 0 aromatic carbocycles. The first-order valence-corrected chi connectivity index (χ1v) is 5.51. The fourth-order valence-electron chi connectivity index (χ4n) is 3.00. The van der Waals surface area contributed by atoms with Crippen molar-refractivity contribution in [2.45, 2.75) is 52.6 Å². The van der Waals surface area contributed by atoms with Gasteiger partial charge in [0.25, 0.3) is 0 Å². The minimum Gasteiger partial charge on any atom is -0.299 e. The van der Waals surface area contributed by atoms with Crippen molar-refractivity contribution < 1.29 is 9.18 Å². The number of Topliss-reactive ketones (excluding diaryl/α,β-unsaturated/α-hetero) is 1. The molecule has 0 radical (unpaired) electrons. The quantitative estimate of drug-likeness (QED) is 0.632. The van der Waals surface area contributed by atoms with Gasteiger partial charge in [0.1, 0.15) is 12.0 Å². The summed E-state index contributed by atoms with van der Waals surface area (Å²) in [6.45, 7) is 5.91. The Morgan fingerprint density at radius 2 is 1.71 bits per heavy atom. The lowest BCUT2D eigenvalue weighted by atomic mass is 9.49. The first kappa shape index (κ1) is 10.1. The molecule has 2 saturated carbocycles. The van der Waals surface area contributed by atoms with E-state index in [1.54, 1.807) is 0 Å². The molecular weight excluding hydrogens is 179 g/mol.